The first-order valence-electron chi connectivity index (χ1n) is 6.64. The Morgan fingerprint density at radius 3 is 2.26 bits per heavy atom. The predicted molar refractivity (Wildman–Crippen MR) is 73.5 cm³/mol. The minimum atomic E-state index is -3.10. The van der Waals surface area contributed by atoms with Crippen LogP contribution in [0.5, 0.6) is 0 Å². The molecule has 0 radical (unpaired) electrons. The van der Waals surface area contributed by atoms with Crippen LogP contribution in [0.15, 0.2) is 0 Å². The molecule has 0 aliphatic carbocycles. The first-order chi connectivity index (χ1) is 8.71. The number of sulfonamides is 1. The van der Waals surface area contributed by atoms with Crippen LogP contribution in [0.25, 0.3) is 0 Å². The lowest BCUT2D eigenvalue weighted by molar-refractivity contribution is -0.137. The fraction of sp³-hybridized carbons (Fsp3) is 0.917. The van der Waals surface area contributed by atoms with Crippen molar-refractivity contribution in [2.75, 3.05) is 25.9 Å². The number of aliphatic carboxylic acids is 1. The van der Waals surface area contributed by atoms with Crippen LogP contribution in [0, 0.1) is 0 Å². The molecule has 7 heteroatoms. The fourth-order valence-electron chi connectivity index (χ4n) is 2.59. The van der Waals surface area contributed by atoms with Gasteiger partial charge >= 0.3 is 5.97 Å². The molecule has 0 aromatic heterocycles. The van der Waals surface area contributed by atoms with Crippen LogP contribution in [0.3, 0.4) is 0 Å². The van der Waals surface area contributed by atoms with Gasteiger partial charge in [0, 0.05) is 31.7 Å². The van der Waals surface area contributed by atoms with Gasteiger partial charge in [-0.05, 0) is 26.7 Å². The van der Waals surface area contributed by atoms with E-state index in [4.69, 9.17) is 5.11 Å². The van der Waals surface area contributed by atoms with Crippen molar-refractivity contribution < 1.29 is 18.3 Å². The smallest absolute Gasteiger partial charge is 0.304 e. The molecule has 1 aliphatic heterocycles. The number of piperidine rings is 1. The summed E-state index contributed by atoms with van der Waals surface area (Å²) in [6, 6.07) is 0.548. The Labute approximate surface area is 115 Å². The normalized spacial score (nSPS) is 19.2. The molecule has 0 unspecified atom stereocenters. The first kappa shape index (κ1) is 16.4. The summed E-state index contributed by atoms with van der Waals surface area (Å²) in [4.78, 5) is 12.9. The maximum Gasteiger partial charge on any atom is 0.304 e. The first-order valence-corrected chi connectivity index (χ1v) is 8.49. The number of carboxylic acids is 1. The topological polar surface area (TPSA) is 77.9 Å². The van der Waals surface area contributed by atoms with Crippen molar-refractivity contribution in [3.8, 4) is 0 Å². The van der Waals surface area contributed by atoms with Gasteiger partial charge in [-0.15, -0.1) is 0 Å². The Bertz CT molecular complexity index is 400. The zero-order valence-electron chi connectivity index (χ0n) is 11.9. The highest BCUT2D eigenvalue weighted by Gasteiger charge is 2.29. The average molecular weight is 292 g/mol. The van der Waals surface area contributed by atoms with Crippen molar-refractivity contribution in [3.63, 3.8) is 0 Å². The number of hydrogen-bond donors (Lipinski definition) is 1. The third-order valence-electron chi connectivity index (χ3n) is 3.61. The molecule has 0 saturated carbocycles. The molecule has 0 aromatic carbocycles. The predicted octanol–water partition coefficient (Wildman–Crippen LogP) is 0.596. The summed E-state index contributed by atoms with van der Waals surface area (Å²) in [5, 5.41) is 8.78. The lowest BCUT2D eigenvalue weighted by Crippen LogP contribution is -2.49. The Kier molecular flexibility index (Phi) is 5.76. The Morgan fingerprint density at radius 1 is 1.37 bits per heavy atom. The van der Waals surface area contributed by atoms with Crippen molar-refractivity contribution in [2.24, 2.45) is 0 Å². The monoisotopic (exact) mass is 292 g/mol. The van der Waals surface area contributed by atoms with Crippen molar-refractivity contribution in [1.82, 2.24) is 9.21 Å². The van der Waals surface area contributed by atoms with Crippen LogP contribution >= 0.6 is 0 Å². The molecule has 1 rings (SSSR count). The zero-order chi connectivity index (χ0) is 14.6. The van der Waals surface area contributed by atoms with Crippen molar-refractivity contribution in [1.29, 1.82) is 0 Å². The molecule has 0 aromatic rings. The molecule has 1 N–H and O–H groups in total. The third kappa shape index (κ3) is 5.08. The summed E-state index contributed by atoms with van der Waals surface area (Å²) in [6.45, 7) is 5.67. The van der Waals surface area contributed by atoms with Crippen LogP contribution in [0.1, 0.15) is 33.1 Å². The van der Waals surface area contributed by atoms with Crippen LogP contribution in [0.4, 0.5) is 0 Å². The van der Waals surface area contributed by atoms with Gasteiger partial charge in [0.1, 0.15) is 0 Å². The quantitative estimate of drug-likeness (QED) is 0.775. The lowest BCUT2D eigenvalue weighted by atomic mass is 10.0. The van der Waals surface area contributed by atoms with Crippen molar-refractivity contribution in [2.45, 2.75) is 45.2 Å². The summed E-state index contributed by atoms with van der Waals surface area (Å²) in [5.41, 5.74) is 0. The van der Waals surface area contributed by atoms with Crippen molar-refractivity contribution >= 4 is 16.0 Å². The van der Waals surface area contributed by atoms with Crippen LogP contribution in [-0.2, 0) is 14.8 Å². The summed E-state index contributed by atoms with van der Waals surface area (Å²) < 4.78 is 24.4. The lowest BCUT2D eigenvalue weighted by Gasteiger charge is -2.39. The van der Waals surface area contributed by atoms with Gasteiger partial charge < -0.3 is 5.11 Å². The molecular weight excluding hydrogens is 268 g/mol. The number of nitrogens with zero attached hydrogens (tertiary/aromatic N) is 2. The van der Waals surface area contributed by atoms with Crippen LogP contribution < -0.4 is 0 Å². The van der Waals surface area contributed by atoms with E-state index in [0.717, 1.165) is 12.8 Å². The summed E-state index contributed by atoms with van der Waals surface area (Å²) >= 11 is 0. The molecule has 112 valence electrons. The molecular formula is C12H24N2O4S. The highest BCUT2D eigenvalue weighted by atomic mass is 32.2. The zero-order valence-corrected chi connectivity index (χ0v) is 12.7. The van der Waals surface area contributed by atoms with Crippen molar-refractivity contribution in [3.05, 3.63) is 0 Å². The van der Waals surface area contributed by atoms with Gasteiger partial charge in [-0.1, -0.05) is 0 Å². The second-order valence-electron chi connectivity index (χ2n) is 5.37. The van der Waals surface area contributed by atoms with Gasteiger partial charge in [-0.3, -0.25) is 9.69 Å². The minimum absolute atomic E-state index is 0.129. The van der Waals surface area contributed by atoms with E-state index in [9.17, 15) is 13.2 Å². The maximum atomic E-state index is 11.4. The van der Waals surface area contributed by atoms with E-state index in [1.54, 1.807) is 0 Å². The summed E-state index contributed by atoms with van der Waals surface area (Å²) in [6.07, 6.45) is 2.90. The molecule has 19 heavy (non-hydrogen) atoms. The number of carbonyl (C=O) groups is 1. The van der Waals surface area contributed by atoms with Gasteiger partial charge in [0.15, 0.2) is 0 Å². The van der Waals surface area contributed by atoms with E-state index in [0.29, 0.717) is 19.6 Å². The summed E-state index contributed by atoms with van der Waals surface area (Å²) in [5.74, 6) is -0.792. The Hall–Kier alpha value is -0.660. The number of carboxylic acid groups (broad SMARTS) is 1. The number of rotatable bonds is 6. The fourth-order valence-corrected chi connectivity index (χ4v) is 3.47. The van der Waals surface area contributed by atoms with Crippen LogP contribution in [-0.4, -0.2) is 66.7 Å². The van der Waals surface area contributed by atoms with E-state index in [2.05, 4.69) is 4.90 Å². The molecule has 0 atom stereocenters. The van der Waals surface area contributed by atoms with E-state index < -0.39 is 16.0 Å². The van der Waals surface area contributed by atoms with E-state index in [1.165, 1.54) is 10.6 Å². The molecule has 1 fully saturated rings. The maximum absolute atomic E-state index is 11.4. The van der Waals surface area contributed by atoms with Gasteiger partial charge in [0.2, 0.25) is 10.0 Å². The second kappa shape index (κ2) is 6.67. The Morgan fingerprint density at radius 2 is 1.89 bits per heavy atom. The Balaban J connectivity index is 2.57. The minimum Gasteiger partial charge on any atom is -0.481 e. The average Bonchev–Trinajstić information content (AvgIpc) is 2.27. The molecule has 0 bridgehead atoms. The van der Waals surface area contributed by atoms with E-state index in [-0.39, 0.29) is 18.5 Å². The molecule has 0 amide bonds. The van der Waals surface area contributed by atoms with Gasteiger partial charge in [0.05, 0.1) is 12.7 Å². The van der Waals surface area contributed by atoms with E-state index in [1.807, 2.05) is 13.8 Å². The highest BCUT2D eigenvalue weighted by Crippen LogP contribution is 2.20. The standard InChI is InChI=1S/C12H24N2O4S/c1-10(2)14(9-6-12(15)16)11-4-7-13(8-5-11)19(3,17)18/h10-11H,4-9H2,1-3H3,(H,15,16). The van der Waals surface area contributed by atoms with Gasteiger partial charge in [-0.2, -0.15) is 0 Å². The van der Waals surface area contributed by atoms with E-state index >= 15 is 0 Å². The highest BCUT2D eigenvalue weighted by molar-refractivity contribution is 7.88. The van der Waals surface area contributed by atoms with Gasteiger partial charge in [-0.25, -0.2) is 12.7 Å². The molecule has 0 spiro atoms. The third-order valence-corrected chi connectivity index (χ3v) is 4.91. The molecule has 1 aliphatic rings. The molecule has 6 nitrogen and oxygen atoms in total. The largest absolute Gasteiger partial charge is 0.481 e. The summed E-state index contributed by atoms with van der Waals surface area (Å²) in [7, 11) is -3.10. The molecule has 1 heterocycles. The number of hydrogen-bond acceptors (Lipinski definition) is 4. The SMILES string of the molecule is CC(C)N(CCC(=O)O)C1CCN(S(C)(=O)=O)CC1. The molecule has 1 saturated heterocycles. The van der Waals surface area contributed by atoms with Crippen LogP contribution in [0.2, 0.25) is 0 Å². The van der Waals surface area contributed by atoms with Gasteiger partial charge in [0.25, 0.3) is 0 Å². The second-order valence-corrected chi connectivity index (χ2v) is 7.35.